The van der Waals surface area contributed by atoms with Crippen molar-refractivity contribution >= 4 is 5.97 Å². The molecule has 1 aromatic rings. The molecular formula is C10H10O2. The van der Waals surface area contributed by atoms with Crippen molar-refractivity contribution in [3.63, 3.8) is 0 Å². The van der Waals surface area contributed by atoms with E-state index in [1.54, 1.807) is 0 Å². The smallest absolute Gasteiger partial charge is 0.317 e. The molecule has 12 heavy (non-hydrogen) atoms. The Bertz CT molecular complexity index is 292. The first-order valence-electron chi connectivity index (χ1n) is 4.04. The van der Waals surface area contributed by atoms with Gasteiger partial charge in [0, 0.05) is 0 Å². The first kappa shape index (κ1) is 7.35. The molecule has 1 aromatic carbocycles. The van der Waals surface area contributed by atoms with Crippen molar-refractivity contribution in [1.29, 1.82) is 0 Å². The summed E-state index contributed by atoms with van der Waals surface area (Å²) in [5, 5.41) is 0. The number of carbonyl (C=O) groups is 1. The van der Waals surface area contributed by atoms with E-state index in [2.05, 4.69) is 0 Å². The lowest BCUT2D eigenvalue weighted by Gasteiger charge is -2.32. The first-order valence-corrected chi connectivity index (χ1v) is 4.04. The highest BCUT2D eigenvalue weighted by Crippen LogP contribution is 2.31. The number of cyclic esters (lactones) is 1. The van der Waals surface area contributed by atoms with Crippen molar-refractivity contribution in [2.45, 2.75) is 18.9 Å². The molecule has 0 bridgehead atoms. The minimum atomic E-state index is -0.103. The van der Waals surface area contributed by atoms with Crippen LogP contribution in [0.5, 0.6) is 0 Å². The van der Waals surface area contributed by atoms with Gasteiger partial charge in [0.1, 0.15) is 12.0 Å². The Hall–Kier alpha value is -1.31. The molecule has 0 amide bonds. The number of carbonyl (C=O) groups excluding carboxylic acids is 1. The van der Waals surface area contributed by atoms with E-state index < -0.39 is 0 Å². The molecule has 2 rings (SSSR count). The molecule has 1 fully saturated rings. The molecule has 2 nitrogen and oxygen atoms in total. The number of rotatable bonds is 1. The Morgan fingerprint density at radius 3 is 2.42 bits per heavy atom. The fourth-order valence-electron chi connectivity index (χ4n) is 1.51. The molecule has 2 atom stereocenters. The summed E-state index contributed by atoms with van der Waals surface area (Å²) in [7, 11) is 0. The van der Waals surface area contributed by atoms with E-state index >= 15 is 0 Å². The van der Waals surface area contributed by atoms with Crippen LogP contribution in [0.1, 0.15) is 18.4 Å². The van der Waals surface area contributed by atoms with Gasteiger partial charge in [-0.2, -0.15) is 0 Å². The Morgan fingerprint density at radius 2 is 1.92 bits per heavy atom. The molecule has 1 heterocycles. The number of ether oxygens (including phenoxy) is 1. The minimum Gasteiger partial charge on any atom is -0.461 e. The zero-order valence-corrected chi connectivity index (χ0v) is 6.86. The van der Waals surface area contributed by atoms with Gasteiger partial charge in [0.2, 0.25) is 0 Å². The van der Waals surface area contributed by atoms with Gasteiger partial charge in [0.25, 0.3) is 0 Å². The molecule has 0 spiro atoms. The summed E-state index contributed by atoms with van der Waals surface area (Å²) < 4.78 is 4.87. The van der Waals surface area contributed by atoms with Gasteiger partial charge >= 0.3 is 5.97 Å². The second-order valence-corrected chi connectivity index (χ2v) is 3.03. The largest absolute Gasteiger partial charge is 0.461 e. The van der Waals surface area contributed by atoms with E-state index in [4.69, 9.17) is 4.74 Å². The maximum atomic E-state index is 11.0. The van der Waals surface area contributed by atoms with E-state index in [-0.39, 0.29) is 18.0 Å². The second kappa shape index (κ2) is 2.63. The van der Waals surface area contributed by atoms with Crippen molar-refractivity contribution in [2.75, 3.05) is 0 Å². The third kappa shape index (κ3) is 0.998. The average molecular weight is 162 g/mol. The highest BCUT2D eigenvalue weighted by atomic mass is 16.6. The molecule has 0 N–H and O–H groups in total. The quantitative estimate of drug-likeness (QED) is 0.588. The van der Waals surface area contributed by atoms with Crippen LogP contribution in [-0.2, 0) is 9.53 Å². The SMILES string of the molecule is C[C@H]1OC(=O)[C@@H]1c1ccccc1. The van der Waals surface area contributed by atoms with Gasteiger partial charge in [-0.05, 0) is 12.5 Å². The molecule has 1 saturated heterocycles. The van der Waals surface area contributed by atoms with E-state index in [1.165, 1.54) is 0 Å². The van der Waals surface area contributed by atoms with Crippen molar-refractivity contribution in [1.82, 2.24) is 0 Å². The van der Waals surface area contributed by atoms with Gasteiger partial charge in [0.15, 0.2) is 0 Å². The summed E-state index contributed by atoms with van der Waals surface area (Å²) in [5.74, 6) is -0.139. The lowest BCUT2D eigenvalue weighted by molar-refractivity contribution is -0.172. The molecular weight excluding hydrogens is 152 g/mol. The van der Waals surface area contributed by atoms with E-state index in [9.17, 15) is 4.79 Å². The van der Waals surface area contributed by atoms with Gasteiger partial charge in [0.05, 0.1) is 0 Å². The van der Waals surface area contributed by atoms with Crippen LogP contribution in [0.4, 0.5) is 0 Å². The molecule has 1 aliphatic heterocycles. The summed E-state index contributed by atoms with van der Waals surface area (Å²) in [6, 6.07) is 9.74. The standard InChI is InChI=1S/C10H10O2/c1-7-9(10(11)12-7)8-5-3-2-4-6-8/h2-7,9H,1H3/t7-,9+/m1/s1. The maximum absolute atomic E-state index is 11.0. The van der Waals surface area contributed by atoms with Crippen LogP contribution >= 0.6 is 0 Å². The molecule has 1 aliphatic rings. The summed E-state index contributed by atoms with van der Waals surface area (Å²) in [5.41, 5.74) is 1.06. The van der Waals surface area contributed by atoms with Gasteiger partial charge in [-0.1, -0.05) is 30.3 Å². The average Bonchev–Trinajstić information content (AvgIpc) is 2.05. The first-order chi connectivity index (χ1) is 5.79. The van der Waals surface area contributed by atoms with Crippen LogP contribution in [0.15, 0.2) is 30.3 Å². The molecule has 0 saturated carbocycles. The summed E-state index contributed by atoms with van der Waals surface area (Å²) in [6.07, 6.45) is 0.0416. The van der Waals surface area contributed by atoms with Crippen LogP contribution in [0, 0.1) is 0 Å². The highest BCUT2D eigenvalue weighted by Gasteiger charge is 2.39. The lowest BCUT2D eigenvalue weighted by Crippen LogP contribution is -2.40. The lowest BCUT2D eigenvalue weighted by atomic mass is 9.90. The summed E-state index contributed by atoms with van der Waals surface area (Å²) >= 11 is 0. The van der Waals surface area contributed by atoms with Crippen LogP contribution in [0.3, 0.4) is 0 Å². The molecule has 0 unspecified atom stereocenters. The third-order valence-corrected chi connectivity index (χ3v) is 2.18. The predicted octanol–water partition coefficient (Wildman–Crippen LogP) is 1.72. The van der Waals surface area contributed by atoms with Crippen molar-refractivity contribution in [2.24, 2.45) is 0 Å². The summed E-state index contributed by atoms with van der Waals surface area (Å²) in [4.78, 5) is 11.0. The third-order valence-electron chi connectivity index (χ3n) is 2.18. The Morgan fingerprint density at radius 1 is 1.25 bits per heavy atom. The van der Waals surface area contributed by atoms with Crippen LogP contribution in [0.25, 0.3) is 0 Å². The number of benzene rings is 1. The van der Waals surface area contributed by atoms with Crippen molar-refractivity contribution < 1.29 is 9.53 Å². The highest BCUT2D eigenvalue weighted by molar-refractivity contribution is 5.84. The van der Waals surface area contributed by atoms with Gasteiger partial charge < -0.3 is 4.74 Å². The fourth-order valence-corrected chi connectivity index (χ4v) is 1.51. The van der Waals surface area contributed by atoms with E-state index in [0.717, 1.165) is 5.56 Å². The molecule has 0 radical (unpaired) electrons. The minimum absolute atomic E-state index is 0.0359. The zero-order chi connectivity index (χ0) is 8.55. The van der Waals surface area contributed by atoms with E-state index in [1.807, 2.05) is 37.3 Å². The second-order valence-electron chi connectivity index (χ2n) is 3.03. The van der Waals surface area contributed by atoms with Crippen LogP contribution < -0.4 is 0 Å². The normalized spacial score (nSPS) is 27.6. The Kier molecular flexibility index (Phi) is 1.61. The number of esters is 1. The van der Waals surface area contributed by atoms with E-state index in [0.29, 0.717) is 0 Å². The van der Waals surface area contributed by atoms with Crippen molar-refractivity contribution in [3.8, 4) is 0 Å². The fraction of sp³-hybridized carbons (Fsp3) is 0.300. The number of hydrogen-bond donors (Lipinski definition) is 0. The Labute approximate surface area is 71.2 Å². The maximum Gasteiger partial charge on any atom is 0.317 e. The van der Waals surface area contributed by atoms with Gasteiger partial charge in [-0.15, -0.1) is 0 Å². The predicted molar refractivity (Wildman–Crippen MR) is 44.7 cm³/mol. The molecule has 0 aromatic heterocycles. The zero-order valence-electron chi connectivity index (χ0n) is 6.86. The molecule has 62 valence electrons. The number of hydrogen-bond acceptors (Lipinski definition) is 2. The van der Waals surface area contributed by atoms with Crippen molar-refractivity contribution in [3.05, 3.63) is 35.9 Å². The van der Waals surface area contributed by atoms with Gasteiger partial charge in [-0.3, -0.25) is 4.79 Å². The van der Waals surface area contributed by atoms with Crippen LogP contribution in [-0.4, -0.2) is 12.1 Å². The van der Waals surface area contributed by atoms with Crippen LogP contribution in [0.2, 0.25) is 0 Å². The summed E-state index contributed by atoms with van der Waals surface area (Å²) in [6.45, 7) is 1.92. The molecule has 2 heteroatoms. The van der Waals surface area contributed by atoms with Gasteiger partial charge in [-0.25, -0.2) is 0 Å². The monoisotopic (exact) mass is 162 g/mol. The molecule has 0 aliphatic carbocycles. The topological polar surface area (TPSA) is 26.3 Å². The Balaban J connectivity index is 2.26.